The lowest BCUT2D eigenvalue weighted by atomic mass is 10.1. The number of carboxylic acid groups (broad SMARTS) is 1. The highest BCUT2D eigenvalue weighted by Gasteiger charge is 2.12. The van der Waals surface area contributed by atoms with E-state index in [2.05, 4.69) is 10.6 Å². The van der Waals surface area contributed by atoms with Crippen molar-refractivity contribution in [2.24, 2.45) is 0 Å². The number of carbonyl (C=O) groups is 3. The molecule has 8 heteroatoms. The molecule has 0 unspecified atom stereocenters. The zero-order valence-corrected chi connectivity index (χ0v) is 15.0. The first kappa shape index (κ1) is 19.4. The molecule has 3 rings (SSSR count). The second kappa shape index (κ2) is 9.05. The first-order valence-electron chi connectivity index (χ1n) is 8.44. The molecular formula is C21H16N2O6. The van der Waals surface area contributed by atoms with E-state index in [1.165, 1.54) is 55.0 Å². The normalized spacial score (nSPS) is 11.0. The van der Waals surface area contributed by atoms with Gasteiger partial charge >= 0.3 is 5.97 Å². The average Bonchev–Trinajstić information content (AvgIpc) is 3.40. The Balaban J connectivity index is 1.76. The number of aromatic carboxylic acids is 1. The first-order chi connectivity index (χ1) is 14.0. The van der Waals surface area contributed by atoms with Crippen LogP contribution in [0, 0.1) is 0 Å². The third-order valence-electron chi connectivity index (χ3n) is 3.67. The molecule has 2 aromatic heterocycles. The van der Waals surface area contributed by atoms with Crippen LogP contribution in [0.3, 0.4) is 0 Å². The smallest absolute Gasteiger partial charge is 0.335 e. The van der Waals surface area contributed by atoms with E-state index in [-0.39, 0.29) is 16.9 Å². The Bertz CT molecular complexity index is 1060. The summed E-state index contributed by atoms with van der Waals surface area (Å²) in [7, 11) is 0. The average molecular weight is 392 g/mol. The summed E-state index contributed by atoms with van der Waals surface area (Å²) in [6, 6.07) is 10.7. The van der Waals surface area contributed by atoms with Gasteiger partial charge in [-0.15, -0.1) is 0 Å². The van der Waals surface area contributed by atoms with Crippen molar-refractivity contribution in [3.8, 4) is 0 Å². The molecule has 0 bridgehead atoms. The van der Waals surface area contributed by atoms with Gasteiger partial charge in [0.2, 0.25) is 11.8 Å². The van der Waals surface area contributed by atoms with Crippen molar-refractivity contribution in [2.75, 3.05) is 10.6 Å². The number of carboxylic acids is 1. The van der Waals surface area contributed by atoms with Crippen LogP contribution < -0.4 is 10.6 Å². The maximum absolute atomic E-state index is 12.2. The molecule has 3 aromatic rings. The zero-order chi connectivity index (χ0) is 20.6. The second-order valence-electron chi connectivity index (χ2n) is 5.74. The fourth-order valence-electron chi connectivity index (χ4n) is 2.33. The van der Waals surface area contributed by atoms with E-state index >= 15 is 0 Å². The number of anilines is 2. The number of rotatable bonds is 7. The Kier molecular flexibility index (Phi) is 6.06. The molecule has 0 aliphatic carbocycles. The minimum absolute atomic E-state index is 0.0422. The Hall–Kier alpha value is -4.33. The monoisotopic (exact) mass is 392 g/mol. The highest BCUT2D eigenvalue weighted by Crippen LogP contribution is 2.24. The van der Waals surface area contributed by atoms with Crippen molar-refractivity contribution in [1.82, 2.24) is 0 Å². The fraction of sp³-hybridized carbons (Fsp3) is 0. The number of hydrogen-bond acceptors (Lipinski definition) is 5. The molecule has 3 N–H and O–H groups in total. The van der Waals surface area contributed by atoms with Gasteiger partial charge in [-0.3, -0.25) is 9.59 Å². The topological polar surface area (TPSA) is 122 Å². The van der Waals surface area contributed by atoms with Gasteiger partial charge in [0.15, 0.2) is 0 Å². The molecule has 0 aliphatic rings. The molecule has 0 aliphatic heterocycles. The lowest BCUT2D eigenvalue weighted by molar-refractivity contribution is -0.112. The van der Waals surface area contributed by atoms with Crippen LogP contribution in [-0.4, -0.2) is 22.9 Å². The Morgan fingerprint density at radius 1 is 0.793 bits per heavy atom. The fourth-order valence-corrected chi connectivity index (χ4v) is 2.33. The van der Waals surface area contributed by atoms with E-state index in [1.807, 2.05) is 0 Å². The van der Waals surface area contributed by atoms with Gasteiger partial charge in [0.05, 0.1) is 29.5 Å². The summed E-state index contributed by atoms with van der Waals surface area (Å²) in [5.74, 6) is -1.19. The molecule has 0 fully saturated rings. The van der Waals surface area contributed by atoms with Crippen LogP contribution in [0.15, 0.2) is 76.0 Å². The van der Waals surface area contributed by atoms with Gasteiger partial charge in [-0.2, -0.15) is 0 Å². The summed E-state index contributed by atoms with van der Waals surface area (Å²) in [5.41, 5.74) is 0.335. The van der Waals surface area contributed by atoms with E-state index in [4.69, 9.17) is 8.83 Å². The van der Waals surface area contributed by atoms with Crippen molar-refractivity contribution in [3.63, 3.8) is 0 Å². The van der Waals surface area contributed by atoms with Crippen LogP contribution in [0.5, 0.6) is 0 Å². The van der Waals surface area contributed by atoms with Crippen LogP contribution in [0.2, 0.25) is 0 Å². The van der Waals surface area contributed by atoms with E-state index in [9.17, 15) is 19.5 Å². The molecule has 0 saturated heterocycles. The van der Waals surface area contributed by atoms with Gasteiger partial charge < -0.3 is 24.6 Å². The number of nitrogens with one attached hydrogen (secondary N) is 2. The molecule has 2 heterocycles. The quantitative estimate of drug-likeness (QED) is 0.525. The van der Waals surface area contributed by atoms with Crippen molar-refractivity contribution < 1.29 is 28.3 Å². The third-order valence-corrected chi connectivity index (χ3v) is 3.67. The molecule has 29 heavy (non-hydrogen) atoms. The number of carbonyl (C=O) groups excluding carboxylic acids is 2. The molecule has 146 valence electrons. The molecule has 8 nitrogen and oxygen atoms in total. The molecule has 2 amide bonds. The summed E-state index contributed by atoms with van der Waals surface area (Å²) in [6.07, 6.45) is 8.37. The Morgan fingerprint density at radius 3 is 1.83 bits per heavy atom. The van der Waals surface area contributed by atoms with Gasteiger partial charge in [0.25, 0.3) is 0 Å². The van der Waals surface area contributed by atoms with Crippen molar-refractivity contribution >= 4 is 41.3 Å². The van der Waals surface area contributed by atoms with Crippen LogP contribution >= 0.6 is 0 Å². The first-order valence-corrected chi connectivity index (χ1v) is 8.44. The van der Waals surface area contributed by atoms with Gasteiger partial charge in [-0.05, 0) is 54.6 Å². The van der Waals surface area contributed by atoms with Crippen LogP contribution in [0.25, 0.3) is 12.2 Å². The van der Waals surface area contributed by atoms with Crippen LogP contribution in [0.1, 0.15) is 21.9 Å². The molecular weight excluding hydrogens is 376 g/mol. The predicted octanol–water partition coefficient (Wildman–Crippen LogP) is 3.87. The predicted molar refractivity (Wildman–Crippen MR) is 106 cm³/mol. The minimum Gasteiger partial charge on any atom is -0.478 e. The maximum Gasteiger partial charge on any atom is 0.335 e. The third kappa shape index (κ3) is 5.57. The van der Waals surface area contributed by atoms with Gasteiger partial charge in [-0.25, -0.2) is 4.79 Å². The lowest BCUT2D eigenvalue weighted by Crippen LogP contribution is -2.14. The summed E-state index contributed by atoms with van der Waals surface area (Å²) >= 11 is 0. The summed E-state index contributed by atoms with van der Waals surface area (Å²) in [5, 5.41) is 14.3. The van der Waals surface area contributed by atoms with Crippen LogP contribution in [0.4, 0.5) is 11.4 Å². The number of benzene rings is 1. The molecule has 0 saturated carbocycles. The number of amides is 2. The minimum atomic E-state index is -1.16. The molecule has 0 atom stereocenters. The SMILES string of the molecule is O=C(C=Cc1ccco1)Nc1ccc(C(=O)O)cc1NC(=O)C=Cc1ccco1. The highest BCUT2D eigenvalue weighted by atomic mass is 16.4. The van der Waals surface area contributed by atoms with Crippen molar-refractivity contribution in [2.45, 2.75) is 0 Å². The number of hydrogen-bond donors (Lipinski definition) is 3. The van der Waals surface area contributed by atoms with Crippen molar-refractivity contribution in [1.29, 1.82) is 0 Å². The molecule has 0 radical (unpaired) electrons. The van der Waals surface area contributed by atoms with Crippen LogP contribution in [-0.2, 0) is 9.59 Å². The van der Waals surface area contributed by atoms with E-state index in [0.717, 1.165) is 0 Å². The summed E-state index contributed by atoms with van der Waals surface area (Å²) in [6.45, 7) is 0. The lowest BCUT2D eigenvalue weighted by Gasteiger charge is -2.11. The standard InChI is InChI=1S/C21H16N2O6/c24-19(9-6-15-3-1-11-28-15)22-17-8-5-14(21(26)27)13-18(17)23-20(25)10-7-16-4-2-12-29-16/h1-13H,(H,22,24)(H,23,25)(H,26,27). The highest BCUT2D eigenvalue weighted by molar-refractivity contribution is 6.08. The molecule has 1 aromatic carbocycles. The zero-order valence-electron chi connectivity index (χ0n) is 15.0. The Morgan fingerprint density at radius 2 is 1.34 bits per heavy atom. The van der Waals surface area contributed by atoms with Gasteiger partial charge in [0.1, 0.15) is 11.5 Å². The maximum atomic E-state index is 12.2. The second-order valence-corrected chi connectivity index (χ2v) is 5.74. The van der Waals surface area contributed by atoms with E-state index in [1.54, 1.807) is 24.3 Å². The van der Waals surface area contributed by atoms with Gasteiger partial charge in [0, 0.05) is 12.2 Å². The van der Waals surface area contributed by atoms with Gasteiger partial charge in [-0.1, -0.05) is 0 Å². The van der Waals surface area contributed by atoms with Crippen molar-refractivity contribution in [3.05, 3.63) is 84.2 Å². The van der Waals surface area contributed by atoms with E-state index in [0.29, 0.717) is 11.5 Å². The summed E-state index contributed by atoms with van der Waals surface area (Å²) in [4.78, 5) is 35.6. The Labute approximate surface area is 165 Å². The largest absolute Gasteiger partial charge is 0.478 e. The molecule has 0 spiro atoms. The summed E-state index contributed by atoms with van der Waals surface area (Å²) < 4.78 is 10.2. The van der Waals surface area contributed by atoms with E-state index < -0.39 is 17.8 Å². The number of furan rings is 2.